The monoisotopic (exact) mass is 297 g/mol. The van der Waals surface area contributed by atoms with Crippen LogP contribution in [0.1, 0.15) is 5.56 Å². The van der Waals surface area contributed by atoms with Gasteiger partial charge in [0.15, 0.2) is 0 Å². The normalized spacial score (nSPS) is 9.92. The van der Waals surface area contributed by atoms with E-state index >= 15 is 0 Å². The molecule has 0 aliphatic heterocycles. The zero-order chi connectivity index (χ0) is 9.30. The first-order valence-corrected chi connectivity index (χ1v) is 4.58. The molecule has 64 valence electrons. The Morgan fingerprint density at radius 1 is 1.58 bits per heavy atom. The number of hydrogen-bond donors (Lipinski definition) is 0. The first-order valence-electron chi connectivity index (χ1n) is 3.12. The standard InChI is InChI=1S/C7H5ClINO2/c1-4-2-6(9)7(10(11)12)3-5(4)8/h2-3H,1H3. The van der Waals surface area contributed by atoms with E-state index in [0.29, 0.717) is 8.59 Å². The van der Waals surface area contributed by atoms with Crippen LogP contribution in [0.15, 0.2) is 12.1 Å². The smallest absolute Gasteiger partial charge is 0.258 e. The summed E-state index contributed by atoms with van der Waals surface area (Å²) in [4.78, 5) is 9.99. The Bertz CT molecular complexity index is 340. The highest BCUT2D eigenvalue weighted by molar-refractivity contribution is 14.1. The van der Waals surface area contributed by atoms with Gasteiger partial charge < -0.3 is 0 Å². The van der Waals surface area contributed by atoms with Crippen molar-refractivity contribution in [2.24, 2.45) is 0 Å². The lowest BCUT2D eigenvalue weighted by Gasteiger charge is -1.99. The third kappa shape index (κ3) is 1.87. The number of hydrogen-bond acceptors (Lipinski definition) is 2. The molecule has 0 amide bonds. The van der Waals surface area contributed by atoms with E-state index < -0.39 is 4.92 Å². The van der Waals surface area contributed by atoms with Crippen LogP contribution in [-0.4, -0.2) is 4.92 Å². The summed E-state index contributed by atoms with van der Waals surface area (Å²) in [5.41, 5.74) is 0.915. The molecule has 0 N–H and O–H groups in total. The molecule has 1 rings (SSSR count). The Balaban J connectivity index is 3.33. The number of benzene rings is 1. The van der Waals surface area contributed by atoms with Crippen LogP contribution in [0.5, 0.6) is 0 Å². The molecule has 1 aromatic rings. The summed E-state index contributed by atoms with van der Waals surface area (Å²) >= 11 is 7.64. The maximum atomic E-state index is 10.4. The second-order valence-electron chi connectivity index (χ2n) is 2.31. The van der Waals surface area contributed by atoms with Gasteiger partial charge in [0.2, 0.25) is 0 Å². The molecular weight excluding hydrogens is 292 g/mol. The molecule has 0 aliphatic carbocycles. The molecule has 0 bridgehead atoms. The van der Waals surface area contributed by atoms with E-state index in [1.165, 1.54) is 6.07 Å². The van der Waals surface area contributed by atoms with Crippen LogP contribution in [0.4, 0.5) is 5.69 Å². The first-order chi connectivity index (χ1) is 5.52. The van der Waals surface area contributed by atoms with Crippen LogP contribution < -0.4 is 0 Å². The lowest BCUT2D eigenvalue weighted by molar-refractivity contribution is -0.385. The van der Waals surface area contributed by atoms with Crippen LogP contribution in [0.2, 0.25) is 5.02 Å². The summed E-state index contributed by atoms with van der Waals surface area (Å²) in [6.07, 6.45) is 0. The number of aryl methyl sites for hydroxylation is 1. The minimum atomic E-state index is -0.437. The number of nitro benzene ring substituents is 1. The van der Waals surface area contributed by atoms with Crippen molar-refractivity contribution in [3.05, 3.63) is 36.4 Å². The van der Waals surface area contributed by atoms with Crippen molar-refractivity contribution in [1.29, 1.82) is 0 Å². The summed E-state index contributed by atoms with van der Waals surface area (Å²) in [6, 6.07) is 3.07. The quantitative estimate of drug-likeness (QED) is 0.454. The molecule has 0 heterocycles. The molecule has 0 aromatic heterocycles. The number of halogens is 2. The molecular formula is C7H5ClINO2. The molecule has 0 atom stereocenters. The second-order valence-corrected chi connectivity index (χ2v) is 3.88. The average Bonchev–Trinajstić information content (AvgIpc) is 1.96. The van der Waals surface area contributed by atoms with Gasteiger partial charge in [-0.1, -0.05) is 11.6 Å². The van der Waals surface area contributed by atoms with E-state index in [1.807, 2.05) is 29.5 Å². The summed E-state index contributed by atoms with van der Waals surface area (Å²) < 4.78 is 0.611. The van der Waals surface area contributed by atoms with Gasteiger partial charge in [-0.05, 0) is 41.1 Å². The maximum Gasteiger partial charge on any atom is 0.284 e. The zero-order valence-electron chi connectivity index (χ0n) is 6.17. The molecule has 5 heteroatoms. The van der Waals surface area contributed by atoms with Crippen LogP contribution in [0.25, 0.3) is 0 Å². The van der Waals surface area contributed by atoms with Crippen molar-refractivity contribution in [3.8, 4) is 0 Å². The SMILES string of the molecule is Cc1cc(I)c([N+](=O)[O-])cc1Cl. The van der Waals surface area contributed by atoms with Crippen LogP contribution in [-0.2, 0) is 0 Å². The topological polar surface area (TPSA) is 43.1 Å². The number of nitrogens with zero attached hydrogens (tertiary/aromatic N) is 1. The number of nitro groups is 1. The van der Waals surface area contributed by atoms with Crippen LogP contribution >= 0.6 is 34.2 Å². The van der Waals surface area contributed by atoms with E-state index in [-0.39, 0.29) is 5.69 Å². The van der Waals surface area contributed by atoms with Gasteiger partial charge in [0.1, 0.15) is 0 Å². The summed E-state index contributed by atoms with van der Waals surface area (Å²) in [6.45, 7) is 1.81. The first kappa shape index (κ1) is 9.73. The summed E-state index contributed by atoms with van der Waals surface area (Å²) in [5, 5.41) is 10.9. The van der Waals surface area contributed by atoms with Crippen molar-refractivity contribution < 1.29 is 4.92 Å². The Labute approximate surface area is 88.0 Å². The van der Waals surface area contributed by atoms with E-state index in [2.05, 4.69) is 0 Å². The third-order valence-corrected chi connectivity index (χ3v) is 2.70. The Hall–Kier alpha value is -0.360. The van der Waals surface area contributed by atoms with Crippen molar-refractivity contribution in [2.45, 2.75) is 6.92 Å². The largest absolute Gasteiger partial charge is 0.284 e. The van der Waals surface area contributed by atoms with Gasteiger partial charge in [0.05, 0.1) is 13.5 Å². The molecule has 0 fully saturated rings. The van der Waals surface area contributed by atoms with E-state index in [1.54, 1.807) is 6.07 Å². The van der Waals surface area contributed by atoms with E-state index in [4.69, 9.17) is 11.6 Å². The fourth-order valence-corrected chi connectivity index (χ4v) is 1.75. The molecule has 0 aliphatic rings. The second kappa shape index (κ2) is 3.57. The third-order valence-electron chi connectivity index (χ3n) is 1.42. The molecule has 1 aromatic carbocycles. The van der Waals surface area contributed by atoms with Gasteiger partial charge in [0, 0.05) is 6.07 Å². The van der Waals surface area contributed by atoms with Gasteiger partial charge in [-0.2, -0.15) is 0 Å². The molecule has 0 radical (unpaired) electrons. The molecule has 0 spiro atoms. The van der Waals surface area contributed by atoms with Gasteiger partial charge in [0.25, 0.3) is 5.69 Å². The van der Waals surface area contributed by atoms with Gasteiger partial charge in [-0.25, -0.2) is 0 Å². The van der Waals surface area contributed by atoms with Crippen molar-refractivity contribution in [3.63, 3.8) is 0 Å². The highest BCUT2D eigenvalue weighted by atomic mass is 127. The van der Waals surface area contributed by atoms with Crippen molar-refractivity contribution in [2.75, 3.05) is 0 Å². The fourth-order valence-electron chi connectivity index (χ4n) is 0.776. The molecule has 0 saturated carbocycles. The van der Waals surface area contributed by atoms with Gasteiger partial charge in [-0.15, -0.1) is 0 Å². The van der Waals surface area contributed by atoms with Crippen LogP contribution in [0, 0.1) is 20.6 Å². The molecule has 12 heavy (non-hydrogen) atoms. The maximum absolute atomic E-state index is 10.4. The summed E-state index contributed by atoms with van der Waals surface area (Å²) in [7, 11) is 0. The minimum absolute atomic E-state index is 0.0613. The highest BCUT2D eigenvalue weighted by Gasteiger charge is 2.13. The lowest BCUT2D eigenvalue weighted by Crippen LogP contribution is -1.92. The van der Waals surface area contributed by atoms with Gasteiger partial charge >= 0.3 is 0 Å². The average molecular weight is 297 g/mol. The minimum Gasteiger partial charge on any atom is -0.258 e. The predicted molar refractivity (Wildman–Crippen MR) is 55.6 cm³/mol. The summed E-state index contributed by atoms with van der Waals surface area (Å²) in [5.74, 6) is 0. The lowest BCUT2D eigenvalue weighted by atomic mass is 10.2. The Morgan fingerprint density at radius 3 is 2.67 bits per heavy atom. The van der Waals surface area contributed by atoms with E-state index in [9.17, 15) is 10.1 Å². The van der Waals surface area contributed by atoms with Crippen molar-refractivity contribution in [1.82, 2.24) is 0 Å². The predicted octanol–water partition coefficient (Wildman–Crippen LogP) is 3.16. The molecule has 3 nitrogen and oxygen atoms in total. The van der Waals surface area contributed by atoms with E-state index in [0.717, 1.165) is 5.56 Å². The van der Waals surface area contributed by atoms with Crippen LogP contribution in [0.3, 0.4) is 0 Å². The Kier molecular flexibility index (Phi) is 2.89. The zero-order valence-corrected chi connectivity index (χ0v) is 9.09. The molecule has 0 saturated heterocycles. The molecule has 0 unspecified atom stereocenters. The van der Waals surface area contributed by atoms with Gasteiger partial charge in [-0.3, -0.25) is 10.1 Å². The van der Waals surface area contributed by atoms with Crippen molar-refractivity contribution >= 4 is 39.9 Å². The fraction of sp³-hybridized carbons (Fsp3) is 0.143. The highest BCUT2D eigenvalue weighted by Crippen LogP contribution is 2.27. The number of rotatable bonds is 1. The Morgan fingerprint density at radius 2 is 2.17 bits per heavy atom.